The molecule has 0 amide bonds. The first kappa shape index (κ1) is 12.6. The first-order valence-electron chi connectivity index (χ1n) is 5.41. The molecule has 2 N–H and O–H groups in total. The second-order valence-corrected chi connectivity index (χ2v) is 3.73. The maximum Gasteiger partial charge on any atom is 0.336 e. The average molecular weight is 258 g/mol. The molecule has 2 aromatic rings. The highest BCUT2D eigenvalue weighted by atomic mass is 16.4. The number of carboxylic acids is 2. The van der Waals surface area contributed by atoms with Gasteiger partial charge in [0.25, 0.3) is 0 Å². The van der Waals surface area contributed by atoms with Crippen LogP contribution >= 0.6 is 0 Å². The number of para-hydroxylation sites is 1. The highest BCUT2D eigenvalue weighted by molar-refractivity contribution is 6.19. The lowest BCUT2D eigenvalue weighted by Crippen LogP contribution is -1.98. The first-order chi connectivity index (χ1) is 9.09. The van der Waals surface area contributed by atoms with Gasteiger partial charge in [0.05, 0.1) is 11.8 Å². The standard InChI is InChI=1S/C14H10O5/c15-13(16)7-3-5-10(14(17)18)11-8-19-12-6-2-1-4-9(11)12/h1-8H,(H,15,16)(H,17,18). The zero-order valence-corrected chi connectivity index (χ0v) is 9.74. The summed E-state index contributed by atoms with van der Waals surface area (Å²) in [7, 11) is 0. The molecule has 0 aliphatic carbocycles. The predicted octanol–water partition coefficient (Wildman–Crippen LogP) is 2.54. The molecule has 0 aliphatic rings. The van der Waals surface area contributed by atoms with E-state index in [0.29, 0.717) is 16.5 Å². The van der Waals surface area contributed by atoms with Crippen LogP contribution < -0.4 is 0 Å². The van der Waals surface area contributed by atoms with E-state index < -0.39 is 11.9 Å². The van der Waals surface area contributed by atoms with Crippen molar-refractivity contribution in [2.45, 2.75) is 0 Å². The molecule has 0 saturated heterocycles. The normalized spacial score (nSPS) is 12.1. The van der Waals surface area contributed by atoms with Gasteiger partial charge in [-0.25, -0.2) is 9.59 Å². The van der Waals surface area contributed by atoms with Gasteiger partial charge in [0, 0.05) is 17.0 Å². The number of carbonyl (C=O) groups is 2. The molecular formula is C14H10O5. The van der Waals surface area contributed by atoms with Crippen molar-refractivity contribution in [2.24, 2.45) is 0 Å². The molecule has 0 fully saturated rings. The third-order valence-corrected chi connectivity index (χ3v) is 2.50. The van der Waals surface area contributed by atoms with Gasteiger partial charge in [0.2, 0.25) is 0 Å². The highest BCUT2D eigenvalue weighted by Crippen LogP contribution is 2.27. The third kappa shape index (κ3) is 2.71. The Morgan fingerprint density at radius 2 is 1.89 bits per heavy atom. The minimum Gasteiger partial charge on any atom is -0.478 e. The number of hydrogen-bond donors (Lipinski definition) is 2. The lowest BCUT2D eigenvalue weighted by molar-refractivity contribution is -0.132. The highest BCUT2D eigenvalue weighted by Gasteiger charge is 2.15. The summed E-state index contributed by atoms with van der Waals surface area (Å²) in [6.07, 6.45) is 4.62. The van der Waals surface area contributed by atoms with E-state index in [1.54, 1.807) is 24.3 Å². The van der Waals surface area contributed by atoms with Crippen molar-refractivity contribution in [1.29, 1.82) is 0 Å². The Labute approximate surface area is 108 Å². The minimum atomic E-state index is -1.15. The van der Waals surface area contributed by atoms with Gasteiger partial charge in [-0.1, -0.05) is 24.3 Å². The van der Waals surface area contributed by atoms with Crippen molar-refractivity contribution in [3.05, 3.63) is 54.3 Å². The van der Waals surface area contributed by atoms with Crippen LogP contribution in [0.2, 0.25) is 0 Å². The summed E-state index contributed by atoms with van der Waals surface area (Å²) in [5, 5.41) is 18.3. The van der Waals surface area contributed by atoms with E-state index in [-0.39, 0.29) is 5.57 Å². The number of carboxylic acid groups (broad SMARTS) is 2. The third-order valence-electron chi connectivity index (χ3n) is 2.50. The van der Waals surface area contributed by atoms with E-state index in [9.17, 15) is 14.7 Å². The molecule has 0 radical (unpaired) electrons. The van der Waals surface area contributed by atoms with Gasteiger partial charge in [0.1, 0.15) is 5.58 Å². The van der Waals surface area contributed by atoms with Crippen LogP contribution in [0, 0.1) is 0 Å². The fraction of sp³-hybridized carbons (Fsp3) is 0. The monoisotopic (exact) mass is 258 g/mol. The molecule has 1 aromatic heterocycles. The molecule has 0 saturated carbocycles. The number of benzene rings is 1. The Kier molecular flexibility index (Phi) is 3.47. The SMILES string of the molecule is O=C(O)C=CC=C(C(=O)O)c1coc2ccccc12. The number of furan rings is 1. The van der Waals surface area contributed by atoms with Crippen LogP contribution in [-0.2, 0) is 9.59 Å². The van der Waals surface area contributed by atoms with Gasteiger partial charge in [-0.15, -0.1) is 0 Å². The van der Waals surface area contributed by atoms with Crippen LogP contribution in [0.1, 0.15) is 5.56 Å². The fourth-order valence-electron chi connectivity index (χ4n) is 1.69. The molecular weight excluding hydrogens is 248 g/mol. The molecule has 1 heterocycles. The van der Waals surface area contributed by atoms with Crippen molar-refractivity contribution >= 4 is 28.5 Å². The summed E-state index contributed by atoms with van der Waals surface area (Å²) in [5.74, 6) is -2.29. The number of allylic oxidation sites excluding steroid dienone is 2. The van der Waals surface area contributed by atoms with E-state index in [2.05, 4.69) is 0 Å². The van der Waals surface area contributed by atoms with Crippen LogP contribution in [0.4, 0.5) is 0 Å². The number of hydrogen-bond acceptors (Lipinski definition) is 3. The Morgan fingerprint density at radius 1 is 1.16 bits per heavy atom. The molecule has 0 atom stereocenters. The maximum atomic E-state index is 11.2. The minimum absolute atomic E-state index is 0.0255. The van der Waals surface area contributed by atoms with Crippen LogP contribution in [0.3, 0.4) is 0 Å². The van der Waals surface area contributed by atoms with E-state index in [1.807, 2.05) is 0 Å². The molecule has 0 aliphatic heterocycles. The Balaban J connectivity index is 2.51. The summed E-state index contributed by atoms with van der Waals surface area (Å²) in [4.78, 5) is 21.6. The fourth-order valence-corrected chi connectivity index (χ4v) is 1.69. The van der Waals surface area contributed by atoms with E-state index in [1.165, 1.54) is 18.4 Å². The zero-order chi connectivity index (χ0) is 13.8. The number of fused-ring (bicyclic) bond motifs is 1. The molecule has 0 bridgehead atoms. The van der Waals surface area contributed by atoms with E-state index in [4.69, 9.17) is 9.52 Å². The molecule has 1 aromatic carbocycles. The largest absolute Gasteiger partial charge is 0.478 e. The smallest absolute Gasteiger partial charge is 0.336 e. The van der Waals surface area contributed by atoms with Gasteiger partial charge in [-0.3, -0.25) is 0 Å². The molecule has 19 heavy (non-hydrogen) atoms. The van der Waals surface area contributed by atoms with Crippen LogP contribution in [-0.4, -0.2) is 22.2 Å². The average Bonchev–Trinajstić information content (AvgIpc) is 2.77. The van der Waals surface area contributed by atoms with Gasteiger partial charge >= 0.3 is 11.9 Å². The van der Waals surface area contributed by atoms with Crippen LogP contribution in [0.15, 0.2) is 53.2 Å². The molecule has 96 valence electrons. The van der Waals surface area contributed by atoms with Crippen molar-refractivity contribution in [3.63, 3.8) is 0 Å². The van der Waals surface area contributed by atoms with Gasteiger partial charge in [-0.2, -0.15) is 0 Å². The summed E-state index contributed by atoms with van der Waals surface area (Å²) in [6, 6.07) is 7.02. The van der Waals surface area contributed by atoms with Crippen LogP contribution in [0.5, 0.6) is 0 Å². The lowest BCUT2D eigenvalue weighted by Gasteiger charge is -1.98. The molecule has 5 nitrogen and oxygen atoms in total. The molecule has 0 spiro atoms. The maximum absolute atomic E-state index is 11.2. The summed E-state index contributed by atoms with van der Waals surface area (Å²) < 4.78 is 5.26. The second kappa shape index (κ2) is 5.22. The van der Waals surface area contributed by atoms with Crippen LogP contribution in [0.25, 0.3) is 16.5 Å². The summed E-state index contributed by atoms with van der Waals surface area (Å²) in [5.41, 5.74) is 0.965. The van der Waals surface area contributed by atoms with Gasteiger partial charge in [-0.05, 0) is 12.1 Å². The first-order valence-corrected chi connectivity index (χ1v) is 5.41. The van der Waals surface area contributed by atoms with Gasteiger partial charge < -0.3 is 14.6 Å². The molecule has 5 heteroatoms. The van der Waals surface area contributed by atoms with Crippen molar-refractivity contribution < 1.29 is 24.2 Å². The topological polar surface area (TPSA) is 87.7 Å². The zero-order valence-electron chi connectivity index (χ0n) is 9.74. The van der Waals surface area contributed by atoms with Crippen molar-refractivity contribution in [1.82, 2.24) is 0 Å². The Hall–Kier alpha value is -2.82. The Bertz CT molecular complexity index is 691. The molecule has 0 unspecified atom stereocenters. The summed E-state index contributed by atoms with van der Waals surface area (Å²) in [6.45, 7) is 0. The lowest BCUT2D eigenvalue weighted by atomic mass is 10.0. The molecule has 2 rings (SSSR count). The van der Waals surface area contributed by atoms with E-state index >= 15 is 0 Å². The van der Waals surface area contributed by atoms with Crippen molar-refractivity contribution in [3.8, 4) is 0 Å². The van der Waals surface area contributed by atoms with E-state index in [0.717, 1.165) is 6.08 Å². The number of aliphatic carboxylic acids is 2. The number of rotatable bonds is 4. The van der Waals surface area contributed by atoms with Gasteiger partial charge in [0.15, 0.2) is 0 Å². The Morgan fingerprint density at radius 3 is 2.58 bits per heavy atom. The predicted molar refractivity (Wildman–Crippen MR) is 68.6 cm³/mol. The second-order valence-electron chi connectivity index (χ2n) is 3.73. The van der Waals surface area contributed by atoms with Crippen molar-refractivity contribution in [2.75, 3.05) is 0 Å². The quantitative estimate of drug-likeness (QED) is 0.650. The summed E-state index contributed by atoms with van der Waals surface area (Å²) >= 11 is 0.